The van der Waals surface area contributed by atoms with Crippen LogP contribution in [0.5, 0.6) is 0 Å². The third kappa shape index (κ3) is 3.06. The molecular weight excluding hydrogens is 302 g/mol. The molecule has 1 aromatic carbocycles. The van der Waals surface area contributed by atoms with Gasteiger partial charge in [-0.1, -0.05) is 39.0 Å². The van der Waals surface area contributed by atoms with Gasteiger partial charge in [-0.2, -0.15) is 0 Å². The second kappa shape index (κ2) is 6.96. The second-order valence-electron chi connectivity index (χ2n) is 7.34. The molecule has 0 bridgehead atoms. The molecule has 0 N–H and O–H groups in total. The summed E-state index contributed by atoms with van der Waals surface area (Å²) < 4.78 is 5.90. The predicted molar refractivity (Wildman–Crippen MR) is 94.7 cm³/mol. The Morgan fingerprint density at radius 1 is 1.25 bits per heavy atom. The van der Waals surface area contributed by atoms with Crippen molar-refractivity contribution in [2.24, 2.45) is 5.92 Å². The van der Waals surface area contributed by atoms with E-state index in [1.807, 2.05) is 23.1 Å². The molecule has 1 aliphatic heterocycles. The van der Waals surface area contributed by atoms with Crippen LogP contribution in [0.3, 0.4) is 0 Å². The minimum Gasteiger partial charge on any atom is -0.458 e. The Kier molecular flexibility index (Phi) is 5.36. The van der Waals surface area contributed by atoms with Crippen LogP contribution in [0.15, 0.2) is 30.3 Å². The van der Waals surface area contributed by atoms with Crippen molar-refractivity contribution in [3.8, 4) is 0 Å². The van der Waals surface area contributed by atoms with Crippen LogP contribution >= 0.6 is 0 Å². The smallest absolute Gasteiger partial charge is 0.338 e. The summed E-state index contributed by atoms with van der Waals surface area (Å²) in [7, 11) is 0. The normalized spacial score (nSPS) is 33.1. The molecule has 1 saturated heterocycles. The van der Waals surface area contributed by atoms with Gasteiger partial charge in [0.25, 0.3) is 0 Å². The maximum absolute atomic E-state index is 12.5. The number of hydrogen-bond donors (Lipinski definition) is 0. The molecule has 1 fully saturated rings. The molecule has 2 rings (SSSR count). The lowest BCUT2D eigenvalue weighted by Crippen LogP contribution is -2.67. The van der Waals surface area contributed by atoms with E-state index in [1.165, 1.54) is 0 Å². The Balaban J connectivity index is 2.30. The van der Waals surface area contributed by atoms with Gasteiger partial charge in [0.15, 0.2) is 0 Å². The van der Waals surface area contributed by atoms with Crippen LogP contribution in [0.25, 0.3) is 0 Å². The highest BCUT2D eigenvalue weighted by Gasteiger charge is 2.53. The van der Waals surface area contributed by atoms with Crippen LogP contribution in [-0.2, 0) is 9.53 Å². The molecule has 0 aromatic heterocycles. The molecule has 4 atom stereocenters. The summed E-state index contributed by atoms with van der Waals surface area (Å²) >= 11 is 0. The monoisotopic (exact) mass is 331 g/mol. The maximum atomic E-state index is 12.5. The Morgan fingerprint density at radius 3 is 2.38 bits per heavy atom. The summed E-state index contributed by atoms with van der Waals surface area (Å²) in [4.78, 5) is 26.3. The average Bonchev–Trinajstić information content (AvgIpc) is 2.60. The molecule has 1 heterocycles. The Morgan fingerprint density at radius 2 is 1.88 bits per heavy atom. The number of rotatable bonds is 5. The molecule has 132 valence electrons. The van der Waals surface area contributed by atoms with Gasteiger partial charge in [-0.15, -0.1) is 0 Å². The number of ether oxygens (including phenoxy) is 1. The van der Waals surface area contributed by atoms with Crippen molar-refractivity contribution in [3.05, 3.63) is 35.9 Å². The van der Waals surface area contributed by atoms with E-state index >= 15 is 0 Å². The van der Waals surface area contributed by atoms with Crippen LogP contribution < -0.4 is 0 Å². The molecule has 0 aliphatic carbocycles. The fourth-order valence-corrected chi connectivity index (χ4v) is 3.92. The molecule has 24 heavy (non-hydrogen) atoms. The van der Waals surface area contributed by atoms with Crippen LogP contribution in [0.2, 0.25) is 0 Å². The van der Waals surface area contributed by atoms with Crippen LogP contribution in [0, 0.1) is 5.92 Å². The molecular formula is C20H29NO3. The zero-order valence-corrected chi connectivity index (χ0v) is 15.4. The Bertz CT molecular complexity index is 588. The summed E-state index contributed by atoms with van der Waals surface area (Å²) in [6.07, 6.45) is 3.08. The third-order valence-electron chi connectivity index (χ3n) is 6.16. The summed E-state index contributed by atoms with van der Waals surface area (Å²) in [5, 5.41) is 0. The average molecular weight is 331 g/mol. The largest absolute Gasteiger partial charge is 0.458 e. The second-order valence-corrected chi connectivity index (χ2v) is 7.34. The number of carbonyl (C=O) groups excluding carboxylic acids is 2. The van der Waals surface area contributed by atoms with E-state index in [4.69, 9.17) is 4.74 Å². The molecule has 0 spiro atoms. The van der Waals surface area contributed by atoms with Gasteiger partial charge in [-0.3, -0.25) is 4.79 Å². The van der Waals surface area contributed by atoms with E-state index in [-0.39, 0.29) is 29.1 Å². The number of benzene rings is 1. The minimum absolute atomic E-state index is 0.0694. The molecule has 4 heteroatoms. The predicted octanol–water partition coefficient (Wildman–Crippen LogP) is 4.05. The van der Waals surface area contributed by atoms with E-state index in [9.17, 15) is 9.59 Å². The van der Waals surface area contributed by atoms with Crippen molar-refractivity contribution in [3.63, 3.8) is 0 Å². The summed E-state index contributed by atoms with van der Waals surface area (Å²) in [6.45, 7) is 10.4. The molecule has 1 aromatic rings. The standard InChI is InChI=1S/C20H29NO3/c1-6-19(4)13-17(15(3)20(5,7-2)21(19)14-22)24-18(23)16-11-9-8-10-12-16/h8-12,14-15,17H,6-7,13H2,1-5H3. The topological polar surface area (TPSA) is 46.6 Å². The minimum atomic E-state index is -0.327. The van der Waals surface area contributed by atoms with Crippen LogP contribution in [-0.4, -0.2) is 34.5 Å². The van der Waals surface area contributed by atoms with Gasteiger partial charge in [-0.25, -0.2) is 4.79 Å². The highest BCUT2D eigenvalue weighted by molar-refractivity contribution is 5.89. The van der Waals surface area contributed by atoms with Crippen molar-refractivity contribution in [1.82, 2.24) is 4.90 Å². The lowest BCUT2D eigenvalue weighted by molar-refractivity contribution is -0.158. The molecule has 0 saturated carbocycles. The quantitative estimate of drug-likeness (QED) is 0.604. The lowest BCUT2D eigenvalue weighted by atomic mass is 9.68. The zero-order chi connectivity index (χ0) is 18.0. The summed E-state index contributed by atoms with van der Waals surface area (Å²) in [5.74, 6) is -0.219. The lowest BCUT2D eigenvalue weighted by Gasteiger charge is -2.58. The first kappa shape index (κ1) is 18.5. The first-order valence-electron chi connectivity index (χ1n) is 8.83. The molecule has 4 nitrogen and oxygen atoms in total. The fraction of sp³-hybridized carbons (Fsp3) is 0.600. The van der Waals surface area contributed by atoms with Crippen molar-refractivity contribution >= 4 is 12.4 Å². The van der Waals surface area contributed by atoms with E-state index in [0.29, 0.717) is 12.0 Å². The van der Waals surface area contributed by atoms with Crippen molar-refractivity contribution in [2.75, 3.05) is 0 Å². The first-order chi connectivity index (χ1) is 11.3. The number of piperidine rings is 1. The number of carbonyl (C=O) groups is 2. The van der Waals surface area contributed by atoms with Crippen molar-refractivity contribution < 1.29 is 14.3 Å². The van der Waals surface area contributed by atoms with Crippen molar-refractivity contribution in [1.29, 1.82) is 0 Å². The van der Waals surface area contributed by atoms with E-state index < -0.39 is 0 Å². The van der Waals surface area contributed by atoms with E-state index in [2.05, 4.69) is 34.6 Å². The number of nitrogens with zero attached hydrogens (tertiary/aromatic N) is 1. The Hall–Kier alpha value is -1.84. The first-order valence-corrected chi connectivity index (χ1v) is 8.83. The zero-order valence-electron chi connectivity index (χ0n) is 15.4. The molecule has 1 aliphatic rings. The highest BCUT2D eigenvalue weighted by Crippen LogP contribution is 2.45. The summed E-state index contributed by atoms with van der Waals surface area (Å²) in [5.41, 5.74) is -0.0635. The number of likely N-dealkylation sites (tertiary alicyclic amines) is 1. The van der Waals surface area contributed by atoms with E-state index in [0.717, 1.165) is 19.3 Å². The number of esters is 1. The van der Waals surface area contributed by atoms with Crippen molar-refractivity contribution in [2.45, 2.75) is 71.1 Å². The van der Waals surface area contributed by atoms with Crippen LogP contribution in [0.4, 0.5) is 0 Å². The van der Waals surface area contributed by atoms with Gasteiger partial charge in [0.05, 0.1) is 5.56 Å². The number of amides is 1. The van der Waals surface area contributed by atoms with Gasteiger partial charge in [0.2, 0.25) is 6.41 Å². The fourth-order valence-electron chi connectivity index (χ4n) is 3.92. The SMILES string of the molecule is CCC1(C)CC(OC(=O)c2ccccc2)C(C)C(C)(CC)N1C=O. The van der Waals surface area contributed by atoms with Gasteiger partial charge in [0, 0.05) is 23.4 Å². The van der Waals surface area contributed by atoms with Gasteiger partial charge in [-0.05, 0) is 38.8 Å². The van der Waals surface area contributed by atoms with Gasteiger partial charge >= 0.3 is 5.97 Å². The maximum Gasteiger partial charge on any atom is 0.338 e. The van der Waals surface area contributed by atoms with Gasteiger partial charge in [0.1, 0.15) is 6.10 Å². The summed E-state index contributed by atoms with van der Waals surface area (Å²) in [6, 6.07) is 9.09. The van der Waals surface area contributed by atoms with Gasteiger partial charge < -0.3 is 9.64 Å². The highest BCUT2D eigenvalue weighted by atomic mass is 16.5. The molecule has 4 unspecified atom stereocenters. The molecule has 1 amide bonds. The van der Waals surface area contributed by atoms with Crippen LogP contribution in [0.1, 0.15) is 64.2 Å². The number of hydrogen-bond acceptors (Lipinski definition) is 3. The third-order valence-corrected chi connectivity index (χ3v) is 6.16. The Labute approximate surface area is 145 Å². The molecule has 0 radical (unpaired) electrons. The van der Waals surface area contributed by atoms with E-state index in [1.54, 1.807) is 12.1 Å².